The monoisotopic (exact) mass is 394 g/mol. The fourth-order valence-corrected chi connectivity index (χ4v) is 4.61. The Labute approximate surface area is 167 Å². The Bertz CT molecular complexity index is 1030. The van der Waals surface area contributed by atoms with E-state index in [1.807, 2.05) is 17.0 Å². The number of aromatic nitrogens is 4. The summed E-state index contributed by atoms with van der Waals surface area (Å²) in [5.74, 6) is 1.73. The average molecular weight is 394 g/mol. The van der Waals surface area contributed by atoms with E-state index in [1.54, 1.807) is 26.2 Å². The molecule has 5 rings (SSSR count). The summed E-state index contributed by atoms with van der Waals surface area (Å²) >= 11 is 0. The third kappa shape index (κ3) is 2.93. The molecule has 9 nitrogen and oxygen atoms in total. The Balaban J connectivity index is 1.29. The molecule has 2 fully saturated rings. The summed E-state index contributed by atoms with van der Waals surface area (Å²) in [5.41, 5.74) is 2.11. The summed E-state index contributed by atoms with van der Waals surface area (Å²) in [6.45, 7) is 5.87. The van der Waals surface area contributed by atoms with Gasteiger partial charge in [0.1, 0.15) is 11.3 Å². The van der Waals surface area contributed by atoms with E-state index in [-0.39, 0.29) is 17.4 Å². The van der Waals surface area contributed by atoms with Crippen molar-refractivity contribution in [2.24, 2.45) is 5.41 Å². The molecule has 2 aliphatic rings. The Morgan fingerprint density at radius 3 is 2.72 bits per heavy atom. The zero-order valence-electron chi connectivity index (χ0n) is 16.6. The second-order valence-corrected chi connectivity index (χ2v) is 8.19. The quantitative estimate of drug-likeness (QED) is 0.667. The van der Waals surface area contributed by atoms with Crippen LogP contribution in [0.1, 0.15) is 40.2 Å². The number of pyridine rings is 1. The van der Waals surface area contributed by atoms with Gasteiger partial charge in [0, 0.05) is 43.0 Å². The van der Waals surface area contributed by atoms with E-state index in [1.165, 1.54) is 0 Å². The number of carbonyl (C=O) groups excluding carboxylic acids is 1. The highest BCUT2D eigenvalue weighted by Gasteiger charge is 2.53. The zero-order valence-corrected chi connectivity index (χ0v) is 16.6. The van der Waals surface area contributed by atoms with Crippen molar-refractivity contribution in [2.75, 3.05) is 26.7 Å². The second-order valence-electron chi connectivity index (χ2n) is 8.19. The lowest BCUT2D eigenvalue weighted by molar-refractivity contribution is 0.0113. The van der Waals surface area contributed by atoms with Crippen LogP contribution in [0.15, 0.2) is 33.6 Å². The van der Waals surface area contributed by atoms with Crippen LogP contribution in [0.3, 0.4) is 0 Å². The number of amides is 1. The molecule has 3 aromatic rings. The predicted octanol–water partition coefficient (Wildman–Crippen LogP) is 2.26. The zero-order chi connectivity index (χ0) is 20.2. The minimum Gasteiger partial charge on any atom is -0.361 e. The van der Waals surface area contributed by atoms with Gasteiger partial charge in [0.05, 0.1) is 11.7 Å². The van der Waals surface area contributed by atoms with E-state index in [0.29, 0.717) is 41.8 Å². The van der Waals surface area contributed by atoms with Gasteiger partial charge < -0.3 is 13.9 Å². The summed E-state index contributed by atoms with van der Waals surface area (Å²) in [7, 11) is 2.06. The highest BCUT2D eigenvalue weighted by Crippen LogP contribution is 2.48. The average Bonchev–Trinajstić information content (AvgIpc) is 3.38. The van der Waals surface area contributed by atoms with Crippen LogP contribution < -0.4 is 0 Å². The first kappa shape index (κ1) is 18.0. The highest BCUT2D eigenvalue weighted by atomic mass is 16.5. The number of aryl methyl sites for hydroxylation is 2. The summed E-state index contributed by atoms with van der Waals surface area (Å²) in [4.78, 5) is 25.6. The van der Waals surface area contributed by atoms with Crippen molar-refractivity contribution in [3.63, 3.8) is 0 Å². The van der Waals surface area contributed by atoms with E-state index < -0.39 is 0 Å². The molecule has 0 N–H and O–H groups in total. The molecule has 3 aromatic heterocycles. The third-order valence-electron chi connectivity index (χ3n) is 5.98. The molecule has 1 spiro atoms. The van der Waals surface area contributed by atoms with Gasteiger partial charge in [0.15, 0.2) is 0 Å². The number of rotatable bonds is 3. The third-order valence-corrected chi connectivity index (χ3v) is 5.98. The lowest BCUT2D eigenvalue weighted by atomic mass is 9.77. The largest absolute Gasteiger partial charge is 0.361 e. The summed E-state index contributed by atoms with van der Waals surface area (Å²) in [6, 6.07) is 3.80. The Morgan fingerprint density at radius 1 is 1.21 bits per heavy atom. The Hall–Kier alpha value is -3.07. The molecular weight excluding hydrogens is 372 g/mol. The molecule has 1 amide bonds. The molecule has 2 saturated heterocycles. The van der Waals surface area contributed by atoms with Crippen LogP contribution in [-0.2, 0) is 0 Å². The molecule has 1 unspecified atom stereocenters. The maximum Gasteiger partial charge on any atom is 0.259 e. The van der Waals surface area contributed by atoms with Crippen LogP contribution in [-0.4, -0.2) is 62.7 Å². The Kier molecular flexibility index (Phi) is 4.02. The number of hydrogen-bond acceptors (Lipinski definition) is 8. The van der Waals surface area contributed by atoms with Gasteiger partial charge >= 0.3 is 0 Å². The first-order chi connectivity index (χ1) is 14.0. The fraction of sp³-hybridized carbons (Fsp3) is 0.450. The van der Waals surface area contributed by atoms with Gasteiger partial charge in [-0.2, -0.15) is 4.98 Å². The van der Waals surface area contributed by atoms with Crippen molar-refractivity contribution < 1.29 is 13.8 Å². The van der Waals surface area contributed by atoms with E-state index in [4.69, 9.17) is 9.05 Å². The highest BCUT2D eigenvalue weighted by molar-refractivity contribution is 5.96. The van der Waals surface area contributed by atoms with Gasteiger partial charge in [0.25, 0.3) is 5.91 Å². The molecular formula is C20H22N6O3. The lowest BCUT2D eigenvalue weighted by Crippen LogP contribution is -2.59. The van der Waals surface area contributed by atoms with Crippen molar-refractivity contribution in [3.05, 3.63) is 47.4 Å². The van der Waals surface area contributed by atoms with Crippen LogP contribution in [0, 0.1) is 19.3 Å². The number of likely N-dealkylation sites (tertiary alicyclic amines) is 2. The van der Waals surface area contributed by atoms with E-state index >= 15 is 0 Å². The van der Waals surface area contributed by atoms with Gasteiger partial charge in [-0.05, 0) is 39.4 Å². The number of nitrogens with zero attached hydrogens (tertiary/aromatic N) is 6. The van der Waals surface area contributed by atoms with E-state index in [0.717, 1.165) is 18.5 Å². The van der Waals surface area contributed by atoms with Gasteiger partial charge in [-0.15, -0.1) is 0 Å². The predicted molar refractivity (Wildman–Crippen MR) is 102 cm³/mol. The van der Waals surface area contributed by atoms with Crippen LogP contribution in [0.5, 0.6) is 0 Å². The molecule has 1 atom stereocenters. The van der Waals surface area contributed by atoms with Gasteiger partial charge in [-0.1, -0.05) is 10.3 Å². The van der Waals surface area contributed by atoms with Gasteiger partial charge in [0.2, 0.25) is 11.7 Å². The van der Waals surface area contributed by atoms with Crippen LogP contribution in [0.4, 0.5) is 0 Å². The molecule has 0 bridgehead atoms. The summed E-state index contributed by atoms with van der Waals surface area (Å²) < 4.78 is 10.7. The van der Waals surface area contributed by atoms with Crippen molar-refractivity contribution in [1.29, 1.82) is 0 Å². The molecule has 9 heteroatoms. The Morgan fingerprint density at radius 2 is 2.03 bits per heavy atom. The molecule has 0 aliphatic carbocycles. The molecule has 0 radical (unpaired) electrons. The molecule has 29 heavy (non-hydrogen) atoms. The number of carbonyl (C=O) groups is 1. The van der Waals surface area contributed by atoms with Gasteiger partial charge in [-0.3, -0.25) is 14.7 Å². The number of hydrogen-bond donors (Lipinski definition) is 0. The molecule has 150 valence electrons. The van der Waals surface area contributed by atoms with Crippen molar-refractivity contribution in [1.82, 2.24) is 30.1 Å². The van der Waals surface area contributed by atoms with Crippen LogP contribution in [0.2, 0.25) is 0 Å². The standard InChI is InChI=1S/C20H22N6O3/c1-12-16(13(2)28-23-12)19(27)26-10-20(11-26)7-15(25(3)9-20)18-22-17(24-29-18)14-5-4-6-21-8-14/h4-6,8,15H,7,9-11H2,1-3H3. The maximum absolute atomic E-state index is 12.8. The minimum atomic E-state index is -0.00497. The first-order valence-electron chi connectivity index (χ1n) is 9.62. The summed E-state index contributed by atoms with van der Waals surface area (Å²) in [6.07, 6.45) is 4.31. The topological polar surface area (TPSA) is 101 Å². The fourth-order valence-electron chi connectivity index (χ4n) is 4.61. The minimum absolute atomic E-state index is 0.00497. The first-order valence-corrected chi connectivity index (χ1v) is 9.62. The van der Waals surface area contributed by atoms with Crippen molar-refractivity contribution in [2.45, 2.75) is 26.3 Å². The van der Waals surface area contributed by atoms with Crippen LogP contribution in [0.25, 0.3) is 11.4 Å². The van der Waals surface area contributed by atoms with Crippen LogP contribution >= 0.6 is 0 Å². The summed E-state index contributed by atoms with van der Waals surface area (Å²) in [5, 5.41) is 8.01. The second kappa shape index (κ2) is 6.48. The van der Waals surface area contributed by atoms with Crippen molar-refractivity contribution in [3.8, 4) is 11.4 Å². The molecule has 0 aromatic carbocycles. The molecule has 5 heterocycles. The molecule has 2 aliphatic heterocycles. The smallest absolute Gasteiger partial charge is 0.259 e. The normalized spacial score (nSPS) is 20.9. The van der Waals surface area contributed by atoms with Crippen molar-refractivity contribution >= 4 is 5.91 Å². The lowest BCUT2D eigenvalue weighted by Gasteiger charge is -2.48. The SMILES string of the molecule is Cc1noc(C)c1C(=O)N1CC2(CC(c3nc(-c4cccnc4)no3)N(C)C2)C1. The maximum atomic E-state index is 12.8. The molecule has 0 saturated carbocycles. The van der Waals surface area contributed by atoms with Gasteiger partial charge in [-0.25, -0.2) is 0 Å². The van der Waals surface area contributed by atoms with E-state index in [9.17, 15) is 4.79 Å². The van der Waals surface area contributed by atoms with E-state index in [2.05, 4.69) is 32.2 Å².